The molecule has 1 aliphatic carbocycles. The molecule has 8 nitrogen and oxygen atoms in total. The minimum Gasteiger partial charge on any atom is -0.508 e. The Kier molecular flexibility index (Phi) is 6.46. The molecule has 2 unspecified atom stereocenters. The molecule has 11 heteroatoms. The summed E-state index contributed by atoms with van der Waals surface area (Å²) in [6.07, 6.45) is 9.75. The Morgan fingerprint density at radius 1 is 1.04 bits per heavy atom. The number of aromatic nitrogens is 2. The van der Waals surface area contributed by atoms with E-state index in [-0.39, 0.29) is 56.7 Å². The van der Waals surface area contributed by atoms with Gasteiger partial charge in [-0.1, -0.05) is 12.0 Å². The third kappa shape index (κ3) is 4.80. The number of terminal acetylenes is 1. The van der Waals surface area contributed by atoms with Gasteiger partial charge in [-0.3, -0.25) is 0 Å². The van der Waals surface area contributed by atoms with E-state index in [1.807, 2.05) is 0 Å². The van der Waals surface area contributed by atoms with Crippen LogP contribution in [0, 0.1) is 40.6 Å². The molecule has 5 fully saturated rings. The van der Waals surface area contributed by atoms with Crippen molar-refractivity contribution in [2.75, 3.05) is 57.4 Å². The van der Waals surface area contributed by atoms with Crippen molar-refractivity contribution in [2.24, 2.45) is 10.8 Å². The maximum atomic E-state index is 16.9. The van der Waals surface area contributed by atoms with Crippen LogP contribution in [-0.2, 0) is 4.74 Å². The summed E-state index contributed by atoms with van der Waals surface area (Å²) in [6, 6.07) is 6.95. The van der Waals surface area contributed by atoms with Crippen molar-refractivity contribution < 1.29 is 27.8 Å². The zero-order valence-corrected chi connectivity index (χ0v) is 25.8. The standard InChI is InChI=1S/C36H34F3N5O3/c1-2-24-27(37)6-3-20-9-23(45)10-25(29(20)24)30-28(38)11-26-32(31(30)39)41-34(42-33(26)44-12-21-4-5-22(13-44)40-21)47-19-35(7-8-35)14-43-15-36(16-43)17-46-18-36/h1,3,6,9-11,21-22,40,45H,4-5,7-8,12-19H2. The second-order valence-corrected chi connectivity index (χ2v) is 14.4. The molecule has 5 heterocycles. The molecule has 9 rings (SSSR count). The SMILES string of the molecule is C#Cc1c(F)ccc2cc(O)cc(-c3c(F)cc4c(N5CC6CCC(C5)N6)nc(OCC5(CN6CC7(COC7)C6)CC5)nc4c3F)c12. The van der Waals surface area contributed by atoms with Gasteiger partial charge in [0.1, 0.15) is 28.7 Å². The van der Waals surface area contributed by atoms with Gasteiger partial charge >= 0.3 is 6.01 Å². The topological polar surface area (TPSA) is 83.0 Å². The molecular weight excluding hydrogens is 607 g/mol. The summed E-state index contributed by atoms with van der Waals surface area (Å²) in [5.74, 6) is -0.0568. The fraction of sp³-hybridized carbons (Fsp3) is 0.444. The number of rotatable bonds is 7. The van der Waals surface area contributed by atoms with E-state index >= 15 is 8.78 Å². The van der Waals surface area contributed by atoms with Gasteiger partial charge in [0.15, 0.2) is 5.82 Å². The molecule has 1 spiro atoms. The fourth-order valence-corrected chi connectivity index (χ4v) is 8.25. The highest BCUT2D eigenvalue weighted by molar-refractivity contribution is 6.04. The summed E-state index contributed by atoms with van der Waals surface area (Å²) in [7, 11) is 0. The van der Waals surface area contributed by atoms with Crippen molar-refractivity contribution in [2.45, 2.75) is 37.8 Å². The number of nitrogens with zero attached hydrogens (tertiary/aromatic N) is 4. The van der Waals surface area contributed by atoms with Crippen LogP contribution in [-0.4, -0.2) is 84.6 Å². The van der Waals surface area contributed by atoms with Crippen LogP contribution in [0.5, 0.6) is 11.8 Å². The summed E-state index contributed by atoms with van der Waals surface area (Å²) in [4.78, 5) is 13.8. The van der Waals surface area contributed by atoms with E-state index in [1.165, 1.54) is 30.3 Å². The predicted molar refractivity (Wildman–Crippen MR) is 171 cm³/mol. The van der Waals surface area contributed by atoms with Gasteiger partial charge in [0.05, 0.1) is 30.9 Å². The van der Waals surface area contributed by atoms with E-state index in [0.29, 0.717) is 36.3 Å². The number of hydrogen-bond acceptors (Lipinski definition) is 8. The Bertz CT molecular complexity index is 1990. The first-order chi connectivity index (χ1) is 22.7. The summed E-state index contributed by atoms with van der Waals surface area (Å²) >= 11 is 0. The van der Waals surface area contributed by atoms with Gasteiger partial charge in [0, 0.05) is 72.0 Å². The average molecular weight is 642 g/mol. The lowest BCUT2D eigenvalue weighted by Gasteiger charge is -2.55. The van der Waals surface area contributed by atoms with Crippen molar-refractivity contribution in [3.8, 4) is 35.2 Å². The number of aromatic hydroxyl groups is 1. The summed E-state index contributed by atoms with van der Waals surface area (Å²) < 4.78 is 59.7. The molecule has 4 saturated heterocycles. The van der Waals surface area contributed by atoms with Crippen molar-refractivity contribution in [1.29, 1.82) is 0 Å². The molecule has 1 saturated carbocycles. The number of piperazine rings is 1. The van der Waals surface area contributed by atoms with Crippen LogP contribution < -0.4 is 15.0 Å². The second kappa shape index (κ2) is 10.4. The van der Waals surface area contributed by atoms with Gasteiger partial charge in [-0.2, -0.15) is 9.97 Å². The van der Waals surface area contributed by atoms with E-state index in [1.54, 1.807) is 0 Å². The molecule has 242 valence electrons. The Labute approximate surface area is 269 Å². The zero-order valence-electron chi connectivity index (χ0n) is 25.8. The van der Waals surface area contributed by atoms with Crippen LogP contribution in [0.15, 0.2) is 30.3 Å². The maximum Gasteiger partial charge on any atom is 0.319 e. The molecule has 4 aliphatic heterocycles. The first-order valence-corrected chi connectivity index (χ1v) is 16.3. The van der Waals surface area contributed by atoms with E-state index in [9.17, 15) is 9.50 Å². The first-order valence-electron chi connectivity index (χ1n) is 16.3. The quantitative estimate of drug-likeness (QED) is 0.274. The lowest BCUT2D eigenvalue weighted by Crippen LogP contribution is -2.66. The van der Waals surface area contributed by atoms with Crippen LogP contribution in [0.4, 0.5) is 19.0 Å². The van der Waals surface area contributed by atoms with Crippen molar-refractivity contribution in [3.63, 3.8) is 0 Å². The number of hydrogen-bond donors (Lipinski definition) is 2. The Morgan fingerprint density at radius 3 is 2.49 bits per heavy atom. The van der Waals surface area contributed by atoms with Gasteiger partial charge in [-0.25, -0.2) is 13.2 Å². The number of nitrogens with one attached hydrogen (secondary N) is 1. The zero-order chi connectivity index (χ0) is 32.1. The summed E-state index contributed by atoms with van der Waals surface area (Å²) in [5.41, 5.74) is -0.458. The third-order valence-electron chi connectivity index (χ3n) is 10.8. The van der Waals surface area contributed by atoms with E-state index < -0.39 is 23.0 Å². The lowest BCUT2D eigenvalue weighted by atomic mass is 9.77. The van der Waals surface area contributed by atoms with Crippen molar-refractivity contribution in [3.05, 3.63) is 53.3 Å². The predicted octanol–water partition coefficient (Wildman–Crippen LogP) is 4.99. The first kappa shape index (κ1) is 29.1. The number of phenolic OH excluding ortho intramolecular Hbond substituents is 1. The van der Waals surface area contributed by atoms with Gasteiger partial charge in [0.25, 0.3) is 0 Å². The fourth-order valence-electron chi connectivity index (χ4n) is 8.25. The highest BCUT2D eigenvalue weighted by atomic mass is 19.1. The molecule has 0 radical (unpaired) electrons. The largest absolute Gasteiger partial charge is 0.508 e. The summed E-state index contributed by atoms with van der Waals surface area (Å²) in [5, 5.41) is 14.8. The van der Waals surface area contributed by atoms with Crippen LogP contribution >= 0.6 is 0 Å². The van der Waals surface area contributed by atoms with Gasteiger partial charge in [-0.05, 0) is 55.3 Å². The highest BCUT2D eigenvalue weighted by Crippen LogP contribution is 2.50. The van der Waals surface area contributed by atoms with Crippen LogP contribution in [0.25, 0.3) is 32.8 Å². The molecule has 2 N–H and O–H groups in total. The second-order valence-electron chi connectivity index (χ2n) is 14.4. The lowest BCUT2D eigenvalue weighted by molar-refractivity contribution is -0.192. The van der Waals surface area contributed by atoms with Gasteiger partial charge < -0.3 is 29.7 Å². The smallest absolute Gasteiger partial charge is 0.319 e. The minimum absolute atomic E-state index is 0.0124. The molecule has 4 aromatic rings. The Balaban J connectivity index is 1.13. The van der Waals surface area contributed by atoms with Gasteiger partial charge in [0.2, 0.25) is 0 Å². The number of halogens is 3. The average Bonchev–Trinajstić information content (AvgIpc) is 3.70. The highest BCUT2D eigenvalue weighted by Gasteiger charge is 2.53. The van der Waals surface area contributed by atoms with Gasteiger partial charge in [-0.15, -0.1) is 6.42 Å². The molecule has 5 aliphatic rings. The molecule has 2 bridgehead atoms. The molecule has 2 atom stereocenters. The van der Waals surface area contributed by atoms with Crippen LogP contribution in [0.3, 0.4) is 0 Å². The minimum atomic E-state index is -0.958. The third-order valence-corrected chi connectivity index (χ3v) is 10.8. The van der Waals surface area contributed by atoms with Crippen LogP contribution in [0.1, 0.15) is 31.2 Å². The molecular formula is C36H34F3N5O3. The number of benzene rings is 3. The number of fused-ring (bicyclic) bond motifs is 4. The Hall–Kier alpha value is -4.11. The van der Waals surface area contributed by atoms with E-state index in [4.69, 9.17) is 20.9 Å². The maximum absolute atomic E-state index is 16.9. The number of anilines is 1. The van der Waals surface area contributed by atoms with E-state index in [0.717, 1.165) is 58.5 Å². The number of phenols is 1. The molecule has 1 aromatic heterocycles. The number of ether oxygens (including phenoxy) is 2. The van der Waals surface area contributed by atoms with Crippen molar-refractivity contribution in [1.82, 2.24) is 20.2 Å². The molecule has 3 aromatic carbocycles. The molecule has 47 heavy (non-hydrogen) atoms. The Morgan fingerprint density at radius 2 is 1.81 bits per heavy atom. The van der Waals surface area contributed by atoms with Crippen molar-refractivity contribution >= 4 is 27.5 Å². The molecule has 0 amide bonds. The normalized spacial score (nSPS) is 23.9. The van der Waals surface area contributed by atoms with Crippen LogP contribution in [0.2, 0.25) is 0 Å². The monoisotopic (exact) mass is 641 g/mol. The number of likely N-dealkylation sites (tertiary alicyclic amines) is 1. The summed E-state index contributed by atoms with van der Waals surface area (Å²) in [6.45, 7) is 6.32. The van der Waals surface area contributed by atoms with E-state index in [2.05, 4.69) is 26.0 Å².